The zero-order valence-electron chi connectivity index (χ0n) is 14.2. The normalized spacial score (nSPS) is 14.5. The van der Waals surface area contributed by atoms with Crippen LogP contribution in [0.5, 0.6) is 5.75 Å². The molecule has 2 aromatic rings. The van der Waals surface area contributed by atoms with Gasteiger partial charge in [-0.15, -0.1) is 11.8 Å². The minimum Gasteiger partial charge on any atom is -0.497 e. The third-order valence-electron chi connectivity index (χ3n) is 4.25. The molecule has 0 saturated carbocycles. The van der Waals surface area contributed by atoms with E-state index >= 15 is 0 Å². The van der Waals surface area contributed by atoms with E-state index in [4.69, 9.17) is 16.3 Å². The maximum Gasteiger partial charge on any atom is 0.233 e. The first kappa shape index (κ1) is 18.0. The van der Waals surface area contributed by atoms with Crippen LogP contribution in [0.3, 0.4) is 0 Å². The van der Waals surface area contributed by atoms with Crippen molar-refractivity contribution in [2.75, 3.05) is 43.9 Å². The van der Waals surface area contributed by atoms with Crippen LogP contribution < -0.4 is 9.64 Å². The zero-order valence-corrected chi connectivity index (χ0v) is 15.7. The lowest BCUT2D eigenvalue weighted by atomic mass is 10.2. The van der Waals surface area contributed by atoms with Crippen LogP contribution in [0.4, 0.5) is 5.69 Å². The van der Waals surface area contributed by atoms with Crippen LogP contribution in [0.25, 0.3) is 0 Å². The Kier molecular flexibility index (Phi) is 6.10. The number of methoxy groups -OCH3 is 1. The van der Waals surface area contributed by atoms with Gasteiger partial charge in [-0.05, 0) is 36.4 Å². The molecule has 1 fully saturated rings. The van der Waals surface area contributed by atoms with Crippen molar-refractivity contribution >= 4 is 35.0 Å². The number of carbonyl (C=O) groups excluding carboxylic acids is 1. The van der Waals surface area contributed by atoms with Crippen molar-refractivity contribution in [1.29, 1.82) is 0 Å². The molecule has 1 heterocycles. The van der Waals surface area contributed by atoms with Crippen molar-refractivity contribution in [3.05, 3.63) is 53.6 Å². The first-order valence-corrected chi connectivity index (χ1v) is 9.58. The standard InChI is InChI=1S/C19H21ClN2O2S/c1-24-15-6-8-16(9-7-15)25-14-19(23)22-12-10-21(11-13-22)18-5-3-2-4-17(18)20/h2-9H,10-14H2,1H3. The number of anilines is 1. The van der Waals surface area contributed by atoms with Crippen LogP contribution in [0.1, 0.15) is 0 Å². The topological polar surface area (TPSA) is 32.8 Å². The summed E-state index contributed by atoms with van der Waals surface area (Å²) in [7, 11) is 1.65. The Bertz CT molecular complexity index is 716. The first-order chi connectivity index (χ1) is 12.2. The average Bonchev–Trinajstić information content (AvgIpc) is 2.67. The highest BCUT2D eigenvalue weighted by molar-refractivity contribution is 8.00. The minimum absolute atomic E-state index is 0.180. The van der Waals surface area contributed by atoms with Gasteiger partial charge in [0, 0.05) is 31.1 Å². The molecule has 25 heavy (non-hydrogen) atoms. The average molecular weight is 377 g/mol. The van der Waals surface area contributed by atoms with Gasteiger partial charge in [-0.3, -0.25) is 4.79 Å². The van der Waals surface area contributed by atoms with Crippen LogP contribution in [-0.2, 0) is 4.79 Å². The molecule has 0 bridgehead atoms. The maximum absolute atomic E-state index is 12.4. The Hall–Kier alpha value is -1.85. The second-order valence-electron chi connectivity index (χ2n) is 5.78. The third-order valence-corrected chi connectivity index (χ3v) is 5.56. The fraction of sp³-hybridized carbons (Fsp3) is 0.316. The van der Waals surface area contributed by atoms with E-state index in [1.807, 2.05) is 53.4 Å². The van der Waals surface area contributed by atoms with Crippen molar-refractivity contribution in [3.63, 3.8) is 0 Å². The quantitative estimate of drug-likeness (QED) is 0.743. The molecule has 0 radical (unpaired) electrons. The zero-order chi connectivity index (χ0) is 17.6. The van der Waals surface area contributed by atoms with Crippen LogP contribution in [-0.4, -0.2) is 49.8 Å². The molecule has 0 spiro atoms. The maximum atomic E-state index is 12.4. The molecular formula is C19H21ClN2O2S. The summed E-state index contributed by atoms with van der Waals surface area (Å²) < 4.78 is 5.15. The summed E-state index contributed by atoms with van der Waals surface area (Å²) in [5, 5.41) is 0.761. The lowest BCUT2D eigenvalue weighted by Crippen LogP contribution is -2.49. The molecule has 0 atom stereocenters. The van der Waals surface area contributed by atoms with Gasteiger partial charge in [0.25, 0.3) is 0 Å². The predicted molar refractivity (Wildman–Crippen MR) is 104 cm³/mol. The van der Waals surface area contributed by atoms with E-state index in [1.54, 1.807) is 18.9 Å². The van der Waals surface area contributed by atoms with Gasteiger partial charge in [0.05, 0.1) is 23.6 Å². The highest BCUT2D eigenvalue weighted by Crippen LogP contribution is 2.26. The number of carbonyl (C=O) groups is 1. The van der Waals surface area contributed by atoms with Crippen molar-refractivity contribution in [3.8, 4) is 5.75 Å². The fourth-order valence-corrected chi connectivity index (χ4v) is 3.87. The third kappa shape index (κ3) is 4.61. The predicted octanol–water partition coefficient (Wildman–Crippen LogP) is 3.79. The smallest absolute Gasteiger partial charge is 0.233 e. The summed E-state index contributed by atoms with van der Waals surface area (Å²) in [6, 6.07) is 15.6. The molecule has 1 aliphatic rings. The molecule has 0 aliphatic carbocycles. The SMILES string of the molecule is COc1ccc(SCC(=O)N2CCN(c3ccccc3Cl)CC2)cc1. The highest BCUT2D eigenvalue weighted by atomic mass is 35.5. The number of hydrogen-bond donors (Lipinski definition) is 0. The second-order valence-corrected chi connectivity index (χ2v) is 7.24. The fourth-order valence-electron chi connectivity index (χ4n) is 2.81. The van der Waals surface area contributed by atoms with Gasteiger partial charge in [-0.2, -0.15) is 0 Å². The molecule has 4 nitrogen and oxygen atoms in total. The van der Waals surface area contributed by atoms with E-state index in [1.165, 1.54) is 0 Å². The number of amides is 1. The van der Waals surface area contributed by atoms with Gasteiger partial charge >= 0.3 is 0 Å². The van der Waals surface area contributed by atoms with Gasteiger partial charge in [0.2, 0.25) is 5.91 Å². The molecular weight excluding hydrogens is 356 g/mol. The molecule has 1 amide bonds. The molecule has 2 aromatic carbocycles. The monoisotopic (exact) mass is 376 g/mol. The summed E-state index contributed by atoms with van der Waals surface area (Å²) in [6.07, 6.45) is 0. The van der Waals surface area contributed by atoms with Crippen LogP contribution in [0.15, 0.2) is 53.4 Å². The molecule has 0 unspecified atom stereocenters. The van der Waals surface area contributed by atoms with E-state index in [-0.39, 0.29) is 5.91 Å². The Balaban J connectivity index is 1.49. The summed E-state index contributed by atoms with van der Waals surface area (Å²) >= 11 is 7.82. The summed E-state index contributed by atoms with van der Waals surface area (Å²) in [5.74, 6) is 1.46. The summed E-state index contributed by atoms with van der Waals surface area (Å²) in [4.78, 5) is 17.7. The number of rotatable bonds is 5. The van der Waals surface area contributed by atoms with Crippen molar-refractivity contribution < 1.29 is 9.53 Å². The lowest BCUT2D eigenvalue weighted by Gasteiger charge is -2.36. The largest absolute Gasteiger partial charge is 0.497 e. The molecule has 0 aromatic heterocycles. The van der Waals surface area contributed by atoms with Crippen molar-refractivity contribution in [1.82, 2.24) is 4.90 Å². The number of hydrogen-bond acceptors (Lipinski definition) is 4. The number of halogens is 1. The summed E-state index contributed by atoms with van der Waals surface area (Å²) in [5.41, 5.74) is 1.05. The second kappa shape index (κ2) is 8.50. The Morgan fingerprint density at radius 3 is 2.40 bits per heavy atom. The number of nitrogens with zero attached hydrogens (tertiary/aromatic N) is 2. The summed E-state index contributed by atoms with van der Waals surface area (Å²) in [6.45, 7) is 3.08. The molecule has 132 valence electrons. The number of thioether (sulfide) groups is 1. The number of para-hydroxylation sites is 1. The highest BCUT2D eigenvalue weighted by Gasteiger charge is 2.22. The molecule has 1 aliphatic heterocycles. The van der Waals surface area contributed by atoms with E-state index in [0.29, 0.717) is 5.75 Å². The first-order valence-electron chi connectivity index (χ1n) is 8.21. The number of ether oxygens (including phenoxy) is 1. The van der Waals surface area contributed by atoms with Crippen LogP contribution in [0.2, 0.25) is 5.02 Å². The van der Waals surface area contributed by atoms with Crippen LogP contribution >= 0.6 is 23.4 Å². The number of benzene rings is 2. The Morgan fingerprint density at radius 1 is 1.08 bits per heavy atom. The molecule has 0 N–H and O–H groups in total. The van der Waals surface area contributed by atoms with E-state index in [9.17, 15) is 4.79 Å². The van der Waals surface area contributed by atoms with Crippen LogP contribution in [0, 0.1) is 0 Å². The minimum atomic E-state index is 0.180. The van der Waals surface area contributed by atoms with Crippen molar-refractivity contribution in [2.24, 2.45) is 0 Å². The number of piperazine rings is 1. The van der Waals surface area contributed by atoms with Gasteiger partial charge in [0.1, 0.15) is 5.75 Å². The van der Waals surface area contributed by atoms with Gasteiger partial charge in [-0.25, -0.2) is 0 Å². The Labute approximate surface area is 157 Å². The van der Waals surface area contributed by atoms with Crippen molar-refractivity contribution in [2.45, 2.75) is 4.90 Å². The molecule has 6 heteroatoms. The van der Waals surface area contributed by atoms with Gasteiger partial charge in [-0.1, -0.05) is 23.7 Å². The van der Waals surface area contributed by atoms with E-state index < -0.39 is 0 Å². The van der Waals surface area contributed by atoms with E-state index in [0.717, 1.165) is 47.5 Å². The van der Waals surface area contributed by atoms with Gasteiger partial charge in [0.15, 0.2) is 0 Å². The molecule has 1 saturated heterocycles. The van der Waals surface area contributed by atoms with E-state index in [2.05, 4.69) is 4.90 Å². The Morgan fingerprint density at radius 2 is 1.76 bits per heavy atom. The van der Waals surface area contributed by atoms with Gasteiger partial charge < -0.3 is 14.5 Å². The molecule has 3 rings (SSSR count). The lowest BCUT2D eigenvalue weighted by molar-refractivity contribution is -0.128.